The Morgan fingerprint density at radius 3 is 1.85 bits per heavy atom. The van der Waals surface area contributed by atoms with Crippen LogP contribution in [0.5, 0.6) is 5.75 Å². The average Bonchev–Trinajstić information content (AvgIpc) is 2.45. The lowest BCUT2D eigenvalue weighted by Gasteiger charge is -2.09. The molecule has 0 fully saturated rings. The van der Waals surface area contributed by atoms with E-state index >= 15 is 0 Å². The molecule has 0 bridgehead atoms. The first kappa shape index (κ1) is 14.0. The van der Waals surface area contributed by atoms with Crippen LogP contribution in [0.25, 0.3) is 11.1 Å². The molecule has 0 aromatic heterocycles. The van der Waals surface area contributed by atoms with Crippen molar-refractivity contribution in [3.8, 4) is 16.9 Å². The van der Waals surface area contributed by atoms with Gasteiger partial charge >= 0.3 is 0 Å². The summed E-state index contributed by atoms with van der Waals surface area (Å²) >= 11 is 0. The van der Waals surface area contributed by atoms with Crippen LogP contribution in [-0.2, 0) is 0 Å². The van der Waals surface area contributed by atoms with E-state index in [9.17, 15) is 31.9 Å². The number of phenolic OH excluding ortho intramolecular Hbond substituents is 1. The number of benzene rings is 2. The highest BCUT2D eigenvalue weighted by molar-refractivity contribution is 5.83. The second kappa shape index (κ2) is 4.92. The Morgan fingerprint density at radius 2 is 1.35 bits per heavy atom. The lowest BCUT2D eigenvalue weighted by Crippen LogP contribution is -2.04. The molecular formula is C13H5F5O2. The Hall–Kier alpha value is -2.44. The minimum absolute atomic E-state index is 0.185. The second-order valence-corrected chi connectivity index (χ2v) is 3.84. The van der Waals surface area contributed by atoms with Gasteiger partial charge in [0.1, 0.15) is 5.75 Å². The molecule has 1 N–H and O–H groups in total. The molecule has 0 radical (unpaired) electrons. The Kier molecular flexibility index (Phi) is 3.44. The van der Waals surface area contributed by atoms with Crippen molar-refractivity contribution in [2.24, 2.45) is 0 Å². The number of hydrogen-bond acceptors (Lipinski definition) is 2. The first-order valence-corrected chi connectivity index (χ1v) is 5.18. The van der Waals surface area contributed by atoms with Crippen LogP contribution in [0.15, 0.2) is 18.2 Å². The zero-order chi connectivity index (χ0) is 15.0. The Morgan fingerprint density at radius 1 is 0.850 bits per heavy atom. The standard InChI is InChI=1S/C13H5F5O2/c14-9-8(10(15)12(17)13(18)11(9)16)5-1-2-7(20)6(3-5)4-19/h1-4,20H. The predicted molar refractivity (Wildman–Crippen MR) is 58.7 cm³/mol. The zero-order valence-electron chi connectivity index (χ0n) is 9.55. The number of phenols is 1. The molecule has 0 aliphatic heterocycles. The van der Waals surface area contributed by atoms with E-state index in [0.29, 0.717) is 0 Å². The fraction of sp³-hybridized carbons (Fsp3) is 0. The molecule has 104 valence electrons. The highest BCUT2D eigenvalue weighted by Gasteiger charge is 2.26. The van der Waals surface area contributed by atoms with Crippen LogP contribution < -0.4 is 0 Å². The summed E-state index contributed by atoms with van der Waals surface area (Å²) < 4.78 is 66.1. The van der Waals surface area contributed by atoms with Crippen molar-refractivity contribution >= 4 is 6.29 Å². The summed E-state index contributed by atoms with van der Waals surface area (Å²) in [7, 11) is 0. The van der Waals surface area contributed by atoms with Crippen LogP contribution >= 0.6 is 0 Å². The van der Waals surface area contributed by atoms with Gasteiger partial charge in [0.05, 0.1) is 11.1 Å². The molecule has 0 spiro atoms. The summed E-state index contributed by atoms with van der Waals surface area (Å²) in [4.78, 5) is 10.6. The molecule has 0 aliphatic carbocycles. The highest BCUT2D eigenvalue weighted by Crippen LogP contribution is 2.33. The lowest BCUT2D eigenvalue weighted by molar-refractivity contribution is 0.112. The molecule has 0 saturated carbocycles. The monoisotopic (exact) mass is 288 g/mol. The highest BCUT2D eigenvalue weighted by atomic mass is 19.2. The summed E-state index contributed by atoms with van der Waals surface area (Å²) in [5.41, 5.74) is -1.92. The van der Waals surface area contributed by atoms with Gasteiger partial charge in [0.15, 0.2) is 29.6 Å². The van der Waals surface area contributed by atoms with Crippen molar-refractivity contribution < 1.29 is 31.9 Å². The van der Waals surface area contributed by atoms with E-state index in [1.165, 1.54) is 0 Å². The number of aldehydes is 1. The van der Waals surface area contributed by atoms with E-state index in [-0.39, 0.29) is 11.8 Å². The Bertz CT molecular complexity index is 683. The van der Waals surface area contributed by atoms with Gasteiger partial charge in [-0.15, -0.1) is 0 Å². The molecule has 0 heterocycles. The first-order valence-electron chi connectivity index (χ1n) is 5.18. The summed E-state index contributed by atoms with van der Waals surface area (Å²) in [6.45, 7) is 0. The molecule has 0 unspecified atom stereocenters. The van der Waals surface area contributed by atoms with Crippen molar-refractivity contribution in [1.82, 2.24) is 0 Å². The molecule has 2 aromatic carbocycles. The molecule has 0 amide bonds. The number of carbonyl (C=O) groups is 1. The normalized spacial score (nSPS) is 10.7. The summed E-state index contributed by atoms with van der Waals surface area (Å²) in [6.07, 6.45) is 0.185. The van der Waals surface area contributed by atoms with E-state index in [4.69, 9.17) is 0 Å². The second-order valence-electron chi connectivity index (χ2n) is 3.84. The van der Waals surface area contributed by atoms with E-state index in [2.05, 4.69) is 0 Å². The van der Waals surface area contributed by atoms with Gasteiger partial charge in [-0.3, -0.25) is 4.79 Å². The van der Waals surface area contributed by atoms with Gasteiger partial charge in [-0.1, -0.05) is 6.07 Å². The summed E-state index contributed by atoms with van der Waals surface area (Å²) in [6, 6.07) is 2.67. The minimum Gasteiger partial charge on any atom is -0.507 e. The number of carbonyl (C=O) groups excluding carboxylic acids is 1. The summed E-state index contributed by atoms with van der Waals surface area (Å²) in [5.74, 6) is -10.9. The van der Waals surface area contributed by atoms with Crippen LogP contribution in [0.3, 0.4) is 0 Å². The van der Waals surface area contributed by atoms with Crippen LogP contribution in [-0.4, -0.2) is 11.4 Å². The van der Waals surface area contributed by atoms with Crippen molar-refractivity contribution in [1.29, 1.82) is 0 Å². The average molecular weight is 288 g/mol. The van der Waals surface area contributed by atoms with Crippen molar-refractivity contribution in [2.75, 3.05) is 0 Å². The van der Waals surface area contributed by atoms with Crippen LogP contribution in [0.4, 0.5) is 22.0 Å². The number of halogens is 5. The Balaban J connectivity index is 2.79. The smallest absolute Gasteiger partial charge is 0.200 e. The Labute approximate surface area is 109 Å². The topological polar surface area (TPSA) is 37.3 Å². The largest absolute Gasteiger partial charge is 0.507 e. The van der Waals surface area contributed by atoms with Gasteiger partial charge in [0, 0.05) is 0 Å². The SMILES string of the molecule is O=Cc1cc(-c2c(F)c(F)c(F)c(F)c2F)ccc1O. The van der Waals surface area contributed by atoms with E-state index in [1.54, 1.807) is 0 Å². The van der Waals surface area contributed by atoms with Crippen molar-refractivity contribution in [2.45, 2.75) is 0 Å². The van der Waals surface area contributed by atoms with E-state index < -0.39 is 46.0 Å². The quantitative estimate of drug-likeness (QED) is 0.397. The van der Waals surface area contributed by atoms with Gasteiger partial charge in [-0.05, 0) is 17.7 Å². The van der Waals surface area contributed by atoms with Crippen LogP contribution in [0.1, 0.15) is 10.4 Å². The number of hydrogen-bond donors (Lipinski definition) is 1. The molecule has 7 heteroatoms. The van der Waals surface area contributed by atoms with Crippen molar-refractivity contribution in [3.05, 3.63) is 52.8 Å². The number of rotatable bonds is 2. The van der Waals surface area contributed by atoms with E-state index in [0.717, 1.165) is 18.2 Å². The fourth-order valence-corrected chi connectivity index (χ4v) is 1.66. The first-order chi connectivity index (χ1) is 9.38. The third-order valence-electron chi connectivity index (χ3n) is 2.65. The zero-order valence-corrected chi connectivity index (χ0v) is 9.55. The van der Waals surface area contributed by atoms with Gasteiger partial charge in [-0.2, -0.15) is 0 Å². The van der Waals surface area contributed by atoms with Gasteiger partial charge < -0.3 is 5.11 Å². The van der Waals surface area contributed by atoms with Gasteiger partial charge in [0.25, 0.3) is 0 Å². The fourth-order valence-electron chi connectivity index (χ4n) is 1.66. The van der Waals surface area contributed by atoms with Gasteiger partial charge in [-0.25, -0.2) is 22.0 Å². The minimum atomic E-state index is -2.27. The van der Waals surface area contributed by atoms with E-state index in [1.807, 2.05) is 0 Å². The van der Waals surface area contributed by atoms with Crippen LogP contribution in [0.2, 0.25) is 0 Å². The predicted octanol–water partition coefficient (Wildman–Crippen LogP) is 3.57. The summed E-state index contributed by atoms with van der Waals surface area (Å²) in [5, 5.41) is 9.25. The van der Waals surface area contributed by atoms with Crippen molar-refractivity contribution in [3.63, 3.8) is 0 Å². The maximum atomic E-state index is 13.6. The molecule has 0 saturated heterocycles. The molecule has 2 nitrogen and oxygen atoms in total. The number of aromatic hydroxyl groups is 1. The maximum absolute atomic E-state index is 13.6. The third-order valence-corrected chi connectivity index (χ3v) is 2.65. The molecule has 0 atom stereocenters. The third kappa shape index (κ3) is 2.01. The molecular weight excluding hydrogens is 283 g/mol. The molecule has 0 aliphatic rings. The lowest BCUT2D eigenvalue weighted by atomic mass is 10.0. The molecule has 2 aromatic rings. The van der Waals surface area contributed by atoms with Gasteiger partial charge in [0.2, 0.25) is 5.82 Å². The van der Waals surface area contributed by atoms with Crippen LogP contribution in [0, 0.1) is 29.1 Å². The molecule has 20 heavy (non-hydrogen) atoms. The maximum Gasteiger partial charge on any atom is 0.200 e. The molecule has 2 rings (SSSR count).